The summed E-state index contributed by atoms with van der Waals surface area (Å²) >= 11 is 0. The second kappa shape index (κ2) is 7.92. The highest BCUT2D eigenvalue weighted by atomic mass is 32.2. The molecule has 0 unspecified atom stereocenters. The van der Waals surface area contributed by atoms with Crippen LogP contribution in [0.25, 0.3) is 34.2 Å². The number of rotatable bonds is 5. The SMILES string of the molecule is CS(=O)(=O)Nc1ccccc1-c1nc(-c2ccccc2)nc(-c2ccccc2O)n1. The van der Waals surface area contributed by atoms with Crippen molar-refractivity contribution in [2.75, 3.05) is 11.0 Å². The van der Waals surface area contributed by atoms with Crippen LogP contribution in [0.5, 0.6) is 5.75 Å². The molecule has 2 N–H and O–H groups in total. The zero-order chi connectivity index (χ0) is 21.1. The third-order valence-electron chi connectivity index (χ3n) is 4.28. The molecule has 0 radical (unpaired) electrons. The monoisotopic (exact) mass is 418 g/mol. The summed E-state index contributed by atoms with van der Waals surface area (Å²) in [6.07, 6.45) is 1.08. The Labute approximate surface area is 174 Å². The Kier molecular flexibility index (Phi) is 5.16. The van der Waals surface area contributed by atoms with Crippen LogP contribution < -0.4 is 4.72 Å². The van der Waals surface area contributed by atoms with Crippen LogP contribution in [0.1, 0.15) is 0 Å². The molecule has 0 saturated carbocycles. The van der Waals surface area contributed by atoms with Crippen LogP contribution in [0, 0.1) is 0 Å². The van der Waals surface area contributed by atoms with E-state index < -0.39 is 10.0 Å². The van der Waals surface area contributed by atoms with Gasteiger partial charge in [-0.3, -0.25) is 4.72 Å². The van der Waals surface area contributed by atoms with Gasteiger partial charge in [0.1, 0.15) is 5.75 Å². The van der Waals surface area contributed by atoms with Gasteiger partial charge in [0, 0.05) is 11.1 Å². The lowest BCUT2D eigenvalue weighted by Crippen LogP contribution is -2.11. The highest BCUT2D eigenvalue weighted by Crippen LogP contribution is 2.32. The van der Waals surface area contributed by atoms with Crippen molar-refractivity contribution < 1.29 is 13.5 Å². The van der Waals surface area contributed by atoms with Crippen LogP contribution in [-0.2, 0) is 10.0 Å². The molecule has 0 aliphatic heterocycles. The van der Waals surface area contributed by atoms with Crippen molar-refractivity contribution in [2.24, 2.45) is 0 Å². The van der Waals surface area contributed by atoms with Crippen molar-refractivity contribution in [3.8, 4) is 39.9 Å². The van der Waals surface area contributed by atoms with E-state index >= 15 is 0 Å². The fourth-order valence-corrected chi connectivity index (χ4v) is 3.54. The molecule has 0 atom stereocenters. The van der Waals surface area contributed by atoms with Crippen molar-refractivity contribution >= 4 is 15.7 Å². The summed E-state index contributed by atoms with van der Waals surface area (Å²) in [5.41, 5.74) is 2.07. The fourth-order valence-electron chi connectivity index (χ4n) is 2.96. The lowest BCUT2D eigenvalue weighted by atomic mass is 10.1. The first-order chi connectivity index (χ1) is 14.4. The molecule has 0 fully saturated rings. The standard InChI is InChI=1S/C22H18N4O3S/c1-30(28,29)26-18-13-7-5-11-16(18)21-23-20(15-9-3-2-4-10-15)24-22(25-21)17-12-6-8-14-19(17)27/h2-14,26-27H,1H3. The average molecular weight is 418 g/mol. The Balaban J connectivity index is 1.95. The number of para-hydroxylation sites is 2. The van der Waals surface area contributed by atoms with E-state index in [1.54, 1.807) is 48.5 Å². The van der Waals surface area contributed by atoms with Gasteiger partial charge in [-0.15, -0.1) is 0 Å². The van der Waals surface area contributed by atoms with Gasteiger partial charge in [-0.25, -0.2) is 23.4 Å². The molecule has 0 aliphatic carbocycles. The van der Waals surface area contributed by atoms with Crippen molar-refractivity contribution in [2.45, 2.75) is 0 Å². The second-order valence-corrected chi connectivity index (χ2v) is 8.36. The zero-order valence-electron chi connectivity index (χ0n) is 16.0. The number of nitrogens with zero attached hydrogens (tertiary/aromatic N) is 3. The predicted molar refractivity (Wildman–Crippen MR) is 116 cm³/mol. The lowest BCUT2D eigenvalue weighted by molar-refractivity contribution is 0.477. The van der Waals surface area contributed by atoms with E-state index in [-0.39, 0.29) is 17.4 Å². The largest absolute Gasteiger partial charge is 0.507 e. The Morgan fingerprint density at radius 3 is 1.90 bits per heavy atom. The van der Waals surface area contributed by atoms with Crippen LogP contribution in [0.2, 0.25) is 0 Å². The van der Waals surface area contributed by atoms with Gasteiger partial charge in [-0.1, -0.05) is 54.6 Å². The molecule has 1 aromatic heterocycles. The van der Waals surface area contributed by atoms with E-state index in [4.69, 9.17) is 0 Å². The van der Waals surface area contributed by atoms with Gasteiger partial charge < -0.3 is 5.11 Å². The summed E-state index contributed by atoms with van der Waals surface area (Å²) in [5, 5.41) is 10.3. The van der Waals surface area contributed by atoms with E-state index in [9.17, 15) is 13.5 Å². The zero-order valence-corrected chi connectivity index (χ0v) is 16.8. The fraction of sp³-hybridized carbons (Fsp3) is 0.0455. The molecule has 4 rings (SSSR count). The molecule has 30 heavy (non-hydrogen) atoms. The molecule has 150 valence electrons. The number of sulfonamides is 1. The highest BCUT2D eigenvalue weighted by molar-refractivity contribution is 7.92. The molecule has 0 amide bonds. The minimum Gasteiger partial charge on any atom is -0.507 e. The van der Waals surface area contributed by atoms with Crippen LogP contribution in [0.3, 0.4) is 0 Å². The quantitative estimate of drug-likeness (QED) is 0.508. The second-order valence-electron chi connectivity index (χ2n) is 6.61. The van der Waals surface area contributed by atoms with Crippen molar-refractivity contribution in [3.63, 3.8) is 0 Å². The van der Waals surface area contributed by atoms with Crippen LogP contribution in [0.15, 0.2) is 78.9 Å². The molecular formula is C22H18N4O3S. The maximum Gasteiger partial charge on any atom is 0.229 e. The predicted octanol–water partition coefficient (Wildman–Crippen LogP) is 3.95. The normalized spacial score (nSPS) is 11.2. The average Bonchev–Trinajstić information content (AvgIpc) is 2.74. The Bertz CT molecular complexity index is 1310. The summed E-state index contributed by atoms with van der Waals surface area (Å²) in [5.74, 6) is 1.02. The lowest BCUT2D eigenvalue weighted by Gasteiger charge is -2.12. The molecular weight excluding hydrogens is 400 g/mol. The van der Waals surface area contributed by atoms with Crippen molar-refractivity contribution in [1.29, 1.82) is 0 Å². The summed E-state index contributed by atoms with van der Waals surface area (Å²) in [6, 6.07) is 23.0. The molecule has 1 heterocycles. The van der Waals surface area contributed by atoms with E-state index in [0.29, 0.717) is 22.6 Å². The maximum atomic E-state index is 11.8. The highest BCUT2D eigenvalue weighted by Gasteiger charge is 2.17. The molecule has 4 aromatic rings. The first kappa shape index (κ1) is 19.5. The topological polar surface area (TPSA) is 105 Å². The van der Waals surface area contributed by atoms with E-state index in [2.05, 4.69) is 19.7 Å². The van der Waals surface area contributed by atoms with E-state index in [1.165, 1.54) is 0 Å². The Morgan fingerprint density at radius 1 is 0.700 bits per heavy atom. The van der Waals surface area contributed by atoms with Gasteiger partial charge in [-0.2, -0.15) is 0 Å². The number of phenolic OH excluding ortho intramolecular Hbond substituents is 1. The molecule has 3 aromatic carbocycles. The van der Waals surface area contributed by atoms with E-state index in [0.717, 1.165) is 11.8 Å². The summed E-state index contributed by atoms with van der Waals surface area (Å²) in [6.45, 7) is 0. The third-order valence-corrected chi connectivity index (χ3v) is 4.87. The number of aromatic nitrogens is 3. The van der Waals surface area contributed by atoms with Gasteiger partial charge in [0.25, 0.3) is 0 Å². The number of hydrogen-bond donors (Lipinski definition) is 2. The number of aromatic hydroxyl groups is 1. The van der Waals surface area contributed by atoms with Gasteiger partial charge in [0.2, 0.25) is 10.0 Å². The van der Waals surface area contributed by atoms with Gasteiger partial charge in [0.15, 0.2) is 17.5 Å². The number of anilines is 1. The molecule has 0 spiro atoms. The van der Waals surface area contributed by atoms with Gasteiger partial charge in [0.05, 0.1) is 17.5 Å². The molecule has 0 saturated heterocycles. The molecule has 0 aliphatic rings. The first-order valence-corrected chi connectivity index (χ1v) is 11.0. The van der Waals surface area contributed by atoms with E-state index in [1.807, 2.05) is 30.3 Å². The van der Waals surface area contributed by atoms with Crippen LogP contribution in [-0.4, -0.2) is 34.7 Å². The molecule has 7 nitrogen and oxygen atoms in total. The van der Waals surface area contributed by atoms with Crippen molar-refractivity contribution in [1.82, 2.24) is 15.0 Å². The Morgan fingerprint density at radius 2 is 1.23 bits per heavy atom. The number of phenols is 1. The summed E-state index contributed by atoms with van der Waals surface area (Å²) < 4.78 is 26.1. The minimum absolute atomic E-state index is 0.0382. The molecule has 0 bridgehead atoms. The summed E-state index contributed by atoms with van der Waals surface area (Å²) in [7, 11) is -3.50. The Hall–Kier alpha value is -3.78. The van der Waals surface area contributed by atoms with Crippen LogP contribution >= 0.6 is 0 Å². The van der Waals surface area contributed by atoms with Gasteiger partial charge in [-0.05, 0) is 24.3 Å². The smallest absolute Gasteiger partial charge is 0.229 e. The third kappa shape index (κ3) is 4.28. The van der Waals surface area contributed by atoms with Crippen LogP contribution in [0.4, 0.5) is 5.69 Å². The van der Waals surface area contributed by atoms with Gasteiger partial charge >= 0.3 is 0 Å². The maximum absolute atomic E-state index is 11.8. The number of hydrogen-bond acceptors (Lipinski definition) is 6. The first-order valence-electron chi connectivity index (χ1n) is 9.08. The number of nitrogens with one attached hydrogen (secondary N) is 1. The summed E-state index contributed by atoms with van der Waals surface area (Å²) in [4.78, 5) is 13.7. The molecule has 8 heteroatoms. The van der Waals surface area contributed by atoms with Crippen molar-refractivity contribution in [3.05, 3.63) is 78.9 Å². The number of benzene rings is 3. The minimum atomic E-state index is -3.50.